The van der Waals surface area contributed by atoms with Crippen molar-refractivity contribution < 1.29 is 25.2 Å². The maximum atomic E-state index is 12.1. The molecule has 6 nitrogen and oxygen atoms in total. The zero-order chi connectivity index (χ0) is 15.1. The van der Waals surface area contributed by atoms with E-state index in [0.29, 0.717) is 6.54 Å². The zero-order valence-electron chi connectivity index (χ0n) is 11.8. The first-order valence-corrected chi connectivity index (χ1v) is 8.02. The summed E-state index contributed by atoms with van der Waals surface area (Å²) in [6.45, 7) is 2.58. The number of carbonyl (C=O) groups is 3. The van der Waals surface area contributed by atoms with Crippen molar-refractivity contribution in [3.63, 3.8) is 0 Å². The average molecular weight is 302 g/mol. The molecule has 114 valence electrons. The van der Waals surface area contributed by atoms with Crippen LogP contribution in [0.3, 0.4) is 0 Å². The lowest BCUT2D eigenvalue weighted by molar-refractivity contribution is -0.431. The van der Waals surface area contributed by atoms with Crippen LogP contribution < -0.4 is 10.8 Å². The highest BCUT2D eigenvalue weighted by Crippen LogP contribution is 2.25. The first-order chi connectivity index (χ1) is 9.47. The summed E-state index contributed by atoms with van der Waals surface area (Å²) in [6, 6.07) is -0.860. The Bertz CT molecular complexity index is 375. The van der Waals surface area contributed by atoms with Gasteiger partial charge in [-0.1, -0.05) is 26.2 Å². The molecule has 0 aromatic rings. The molecular formula is C13H22N2O4S. The molecule has 0 unspecified atom stereocenters. The van der Waals surface area contributed by atoms with Crippen LogP contribution in [-0.2, 0) is 14.4 Å². The van der Waals surface area contributed by atoms with Crippen LogP contribution in [0.15, 0.2) is 0 Å². The second kappa shape index (κ2) is 8.26. The maximum absolute atomic E-state index is 12.1. The summed E-state index contributed by atoms with van der Waals surface area (Å²) in [7, 11) is 0. The fourth-order valence-electron chi connectivity index (χ4n) is 2.01. The van der Waals surface area contributed by atoms with E-state index in [1.165, 1.54) is 16.7 Å². The topological polar surface area (TPSA) is 105 Å². The molecule has 0 radical (unpaired) electrons. The van der Waals surface area contributed by atoms with Crippen molar-refractivity contribution in [3.05, 3.63) is 0 Å². The number of imide groups is 1. The van der Waals surface area contributed by atoms with E-state index in [1.54, 1.807) is 0 Å². The first kappa shape index (κ1) is 17.0. The number of rotatable bonds is 9. The quantitative estimate of drug-likeness (QED) is 0.425. The van der Waals surface area contributed by atoms with E-state index in [-0.39, 0.29) is 24.0 Å². The number of carboxylic acid groups (broad SMARTS) is 1. The normalized spacial score (nSPS) is 20.5. The van der Waals surface area contributed by atoms with Gasteiger partial charge in [0.1, 0.15) is 6.04 Å². The standard InChI is InChI=1S/C13H22N2O4S/c1-2-3-4-5-6-15-11(16)7-10(12(15)17)20-8-9(14)13(18)19/h9-10H,2-8,14H2,1H3,(H,18,19)/t9-,10-/m1/s1. The van der Waals surface area contributed by atoms with Crippen molar-refractivity contribution in [2.75, 3.05) is 12.3 Å². The van der Waals surface area contributed by atoms with Crippen LogP contribution in [0.4, 0.5) is 0 Å². The summed E-state index contributed by atoms with van der Waals surface area (Å²) in [5, 5.41) is 10.1. The molecule has 0 saturated carbocycles. The molecule has 2 amide bonds. The van der Waals surface area contributed by atoms with Crippen molar-refractivity contribution in [1.82, 2.24) is 4.90 Å². The predicted octanol–water partition coefficient (Wildman–Crippen LogP) is -1.21. The van der Waals surface area contributed by atoms with Gasteiger partial charge in [0.25, 0.3) is 0 Å². The minimum absolute atomic E-state index is 0.155. The molecule has 3 N–H and O–H groups in total. The SMILES string of the molecule is CCCCCCN1C(=O)C[C@@H](SC[C@@H]([NH3+])C(=O)[O-])C1=O. The highest BCUT2D eigenvalue weighted by Gasteiger charge is 2.38. The number of likely N-dealkylation sites (tertiary alicyclic amines) is 1. The molecule has 20 heavy (non-hydrogen) atoms. The number of nitrogens with zero attached hydrogens (tertiary/aromatic N) is 1. The Hall–Kier alpha value is -1.08. The fraction of sp³-hybridized carbons (Fsp3) is 0.769. The van der Waals surface area contributed by atoms with Gasteiger partial charge in [-0.25, -0.2) is 0 Å². The van der Waals surface area contributed by atoms with Crippen LogP contribution in [0.1, 0.15) is 39.0 Å². The lowest BCUT2D eigenvalue weighted by Gasteiger charge is -2.15. The van der Waals surface area contributed by atoms with Gasteiger partial charge < -0.3 is 15.6 Å². The number of carbonyl (C=O) groups excluding carboxylic acids is 3. The zero-order valence-corrected chi connectivity index (χ0v) is 12.6. The smallest absolute Gasteiger partial charge is 0.242 e. The van der Waals surface area contributed by atoms with Crippen LogP contribution in [0.5, 0.6) is 0 Å². The predicted molar refractivity (Wildman–Crippen MR) is 73.4 cm³/mol. The van der Waals surface area contributed by atoms with Crippen molar-refractivity contribution in [2.45, 2.75) is 50.3 Å². The summed E-state index contributed by atoms with van der Waals surface area (Å²) in [4.78, 5) is 35.7. The Balaban J connectivity index is 2.39. The second-order valence-corrected chi connectivity index (χ2v) is 6.22. The molecule has 1 rings (SSSR count). The summed E-state index contributed by atoms with van der Waals surface area (Å²) < 4.78 is 0. The Kier molecular flexibility index (Phi) is 7.01. The first-order valence-electron chi connectivity index (χ1n) is 6.97. The summed E-state index contributed by atoms with van der Waals surface area (Å²) >= 11 is 1.18. The molecule has 0 bridgehead atoms. The number of hydrogen-bond donors (Lipinski definition) is 1. The molecule has 0 aromatic heterocycles. The van der Waals surface area contributed by atoms with E-state index < -0.39 is 17.3 Å². The van der Waals surface area contributed by atoms with Gasteiger partial charge in [-0.2, -0.15) is 0 Å². The van der Waals surface area contributed by atoms with Crippen LogP contribution in [0, 0.1) is 0 Å². The van der Waals surface area contributed by atoms with Crippen LogP contribution in [0.25, 0.3) is 0 Å². The number of hydrogen-bond acceptors (Lipinski definition) is 5. The van der Waals surface area contributed by atoms with E-state index in [4.69, 9.17) is 0 Å². The number of quaternary nitrogens is 1. The third-order valence-electron chi connectivity index (χ3n) is 3.27. The third kappa shape index (κ3) is 4.79. The van der Waals surface area contributed by atoms with Gasteiger partial charge in [0.05, 0.1) is 17.0 Å². The van der Waals surface area contributed by atoms with Gasteiger partial charge in [0.15, 0.2) is 0 Å². The lowest BCUT2D eigenvalue weighted by atomic mass is 10.2. The maximum Gasteiger partial charge on any atom is 0.242 e. The monoisotopic (exact) mass is 302 g/mol. The van der Waals surface area contributed by atoms with Crippen molar-refractivity contribution in [3.8, 4) is 0 Å². The van der Waals surface area contributed by atoms with Crippen molar-refractivity contribution in [1.29, 1.82) is 0 Å². The third-order valence-corrected chi connectivity index (χ3v) is 4.64. The van der Waals surface area contributed by atoms with Gasteiger partial charge in [-0.15, -0.1) is 11.8 Å². The summed E-state index contributed by atoms with van der Waals surface area (Å²) in [6.07, 6.45) is 4.21. The van der Waals surface area contributed by atoms with Gasteiger partial charge >= 0.3 is 0 Å². The van der Waals surface area contributed by atoms with Crippen molar-refractivity contribution in [2.24, 2.45) is 0 Å². The molecule has 0 aliphatic carbocycles. The summed E-state index contributed by atoms with van der Waals surface area (Å²) in [5.41, 5.74) is 3.44. The highest BCUT2D eigenvalue weighted by molar-refractivity contribution is 8.00. The fourth-order valence-corrected chi connectivity index (χ4v) is 3.15. The van der Waals surface area contributed by atoms with Crippen molar-refractivity contribution >= 4 is 29.5 Å². The van der Waals surface area contributed by atoms with Gasteiger partial charge in [0, 0.05) is 13.0 Å². The minimum atomic E-state index is -1.23. The average Bonchev–Trinajstić information content (AvgIpc) is 2.67. The molecular weight excluding hydrogens is 280 g/mol. The van der Waals surface area contributed by atoms with Crippen LogP contribution in [-0.4, -0.2) is 46.3 Å². The van der Waals surface area contributed by atoms with Crippen LogP contribution in [0.2, 0.25) is 0 Å². The number of unbranched alkanes of at least 4 members (excludes halogenated alkanes) is 3. The lowest BCUT2D eigenvalue weighted by Crippen LogP contribution is -2.69. The highest BCUT2D eigenvalue weighted by atomic mass is 32.2. The summed E-state index contributed by atoms with van der Waals surface area (Å²) in [5.74, 6) is -1.39. The number of amides is 2. The number of thioether (sulfide) groups is 1. The molecule has 0 spiro atoms. The molecule has 1 aliphatic rings. The molecule has 1 saturated heterocycles. The number of aliphatic carboxylic acids is 1. The Morgan fingerprint density at radius 3 is 2.75 bits per heavy atom. The molecule has 0 aromatic carbocycles. The molecule has 2 atom stereocenters. The molecule has 7 heteroatoms. The van der Waals surface area contributed by atoms with Gasteiger partial charge in [-0.05, 0) is 6.42 Å². The Morgan fingerprint density at radius 2 is 2.15 bits per heavy atom. The van der Waals surface area contributed by atoms with Crippen LogP contribution >= 0.6 is 11.8 Å². The van der Waals surface area contributed by atoms with Gasteiger partial charge in [0.2, 0.25) is 11.8 Å². The van der Waals surface area contributed by atoms with Gasteiger partial charge in [-0.3, -0.25) is 14.5 Å². The molecule has 1 heterocycles. The number of carboxylic acids is 1. The Labute approximate surface area is 123 Å². The van der Waals surface area contributed by atoms with E-state index in [0.717, 1.165) is 25.7 Å². The largest absolute Gasteiger partial charge is 0.544 e. The van der Waals surface area contributed by atoms with E-state index in [9.17, 15) is 19.5 Å². The van der Waals surface area contributed by atoms with E-state index in [1.807, 2.05) is 0 Å². The molecule has 1 fully saturated rings. The second-order valence-electron chi connectivity index (χ2n) is 4.99. The minimum Gasteiger partial charge on any atom is -0.544 e. The molecule has 1 aliphatic heterocycles. The van der Waals surface area contributed by atoms with E-state index in [2.05, 4.69) is 12.7 Å². The Morgan fingerprint density at radius 1 is 1.45 bits per heavy atom. The van der Waals surface area contributed by atoms with E-state index >= 15 is 0 Å².